The molecule has 0 aliphatic rings. The second kappa shape index (κ2) is 5.80. The Kier molecular flexibility index (Phi) is 5.46. The van der Waals surface area contributed by atoms with E-state index in [-0.39, 0.29) is 11.5 Å². The van der Waals surface area contributed by atoms with Crippen molar-refractivity contribution in [1.82, 2.24) is 5.32 Å². The van der Waals surface area contributed by atoms with Crippen LogP contribution < -0.4 is 11.1 Å². The standard InChI is InChI=1S/C9H20N2O2/c1-4-13-8(12)11-7-9(2,3)5-6-10/h4-7,10H2,1-3H3,(H,11,12). The van der Waals surface area contributed by atoms with Gasteiger partial charge in [-0.3, -0.25) is 0 Å². The summed E-state index contributed by atoms with van der Waals surface area (Å²) in [5.41, 5.74) is 5.48. The third-order valence-electron chi connectivity index (χ3n) is 1.81. The minimum Gasteiger partial charge on any atom is -0.450 e. The van der Waals surface area contributed by atoms with Gasteiger partial charge in [-0.15, -0.1) is 0 Å². The molecule has 1 amide bonds. The zero-order valence-corrected chi connectivity index (χ0v) is 8.72. The monoisotopic (exact) mass is 188 g/mol. The van der Waals surface area contributed by atoms with Crippen LogP contribution in [0.15, 0.2) is 0 Å². The van der Waals surface area contributed by atoms with Crippen LogP contribution in [0.4, 0.5) is 4.79 Å². The lowest BCUT2D eigenvalue weighted by molar-refractivity contribution is 0.146. The number of rotatable bonds is 5. The molecule has 0 saturated heterocycles. The van der Waals surface area contributed by atoms with Crippen LogP contribution in [0.5, 0.6) is 0 Å². The number of ether oxygens (including phenoxy) is 1. The Morgan fingerprint density at radius 3 is 2.62 bits per heavy atom. The van der Waals surface area contributed by atoms with Crippen LogP contribution in [0, 0.1) is 5.41 Å². The molecule has 0 atom stereocenters. The summed E-state index contributed by atoms with van der Waals surface area (Å²) in [6, 6.07) is 0. The lowest BCUT2D eigenvalue weighted by atomic mass is 9.89. The van der Waals surface area contributed by atoms with Crippen LogP contribution in [-0.2, 0) is 4.74 Å². The highest BCUT2D eigenvalue weighted by molar-refractivity contribution is 5.67. The maximum atomic E-state index is 10.9. The average Bonchev–Trinajstić information content (AvgIpc) is 2.02. The van der Waals surface area contributed by atoms with Gasteiger partial charge in [0.05, 0.1) is 6.61 Å². The minimum atomic E-state index is -0.354. The van der Waals surface area contributed by atoms with E-state index in [1.807, 2.05) is 0 Å². The lowest BCUT2D eigenvalue weighted by Crippen LogP contribution is -2.35. The number of amides is 1. The fraction of sp³-hybridized carbons (Fsp3) is 0.889. The minimum absolute atomic E-state index is 0.0432. The first-order valence-corrected chi connectivity index (χ1v) is 4.62. The van der Waals surface area contributed by atoms with Crippen molar-refractivity contribution in [3.05, 3.63) is 0 Å². The molecule has 0 spiro atoms. The topological polar surface area (TPSA) is 64.3 Å². The largest absolute Gasteiger partial charge is 0.450 e. The van der Waals surface area contributed by atoms with Gasteiger partial charge in [0.2, 0.25) is 0 Å². The van der Waals surface area contributed by atoms with Crippen LogP contribution in [0.1, 0.15) is 27.2 Å². The lowest BCUT2D eigenvalue weighted by Gasteiger charge is -2.23. The van der Waals surface area contributed by atoms with Crippen molar-refractivity contribution in [1.29, 1.82) is 0 Å². The van der Waals surface area contributed by atoms with E-state index in [1.54, 1.807) is 6.92 Å². The first-order chi connectivity index (χ1) is 6.02. The molecule has 78 valence electrons. The summed E-state index contributed by atoms with van der Waals surface area (Å²) in [6.45, 7) is 7.55. The predicted molar refractivity (Wildman–Crippen MR) is 52.5 cm³/mol. The molecular weight excluding hydrogens is 168 g/mol. The number of carbonyl (C=O) groups is 1. The summed E-state index contributed by atoms with van der Waals surface area (Å²) in [5, 5.41) is 2.69. The molecule has 4 heteroatoms. The van der Waals surface area contributed by atoms with Gasteiger partial charge in [0.25, 0.3) is 0 Å². The molecule has 0 aliphatic heterocycles. The molecule has 0 rings (SSSR count). The van der Waals surface area contributed by atoms with Crippen LogP contribution >= 0.6 is 0 Å². The van der Waals surface area contributed by atoms with Gasteiger partial charge in [-0.2, -0.15) is 0 Å². The van der Waals surface area contributed by atoms with E-state index in [9.17, 15) is 4.79 Å². The van der Waals surface area contributed by atoms with Crippen molar-refractivity contribution in [2.24, 2.45) is 11.1 Å². The number of nitrogens with one attached hydrogen (secondary N) is 1. The number of nitrogens with two attached hydrogens (primary N) is 1. The van der Waals surface area contributed by atoms with Crippen molar-refractivity contribution in [2.75, 3.05) is 19.7 Å². The van der Waals surface area contributed by atoms with Crippen molar-refractivity contribution in [3.8, 4) is 0 Å². The zero-order valence-electron chi connectivity index (χ0n) is 8.72. The normalized spacial score (nSPS) is 11.1. The van der Waals surface area contributed by atoms with Gasteiger partial charge >= 0.3 is 6.09 Å². The second-order valence-corrected chi connectivity index (χ2v) is 3.78. The van der Waals surface area contributed by atoms with Gasteiger partial charge in [-0.1, -0.05) is 13.8 Å². The van der Waals surface area contributed by atoms with E-state index >= 15 is 0 Å². The van der Waals surface area contributed by atoms with E-state index in [2.05, 4.69) is 19.2 Å². The summed E-state index contributed by atoms with van der Waals surface area (Å²) in [7, 11) is 0. The predicted octanol–water partition coefficient (Wildman–Crippen LogP) is 1.11. The summed E-state index contributed by atoms with van der Waals surface area (Å²) < 4.78 is 4.73. The number of alkyl carbamates (subject to hydrolysis) is 1. The number of hydrogen-bond donors (Lipinski definition) is 2. The first-order valence-electron chi connectivity index (χ1n) is 4.62. The van der Waals surface area contributed by atoms with E-state index in [0.717, 1.165) is 6.42 Å². The SMILES string of the molecule is CCOC(=O)NCC(C)(C)CCN. The molecule has 0 radical (unpaired) electrons. The number of hydrogen-bond acceptors (Lipinski definition) is 3. The van der Waals surface area contributed by atoms with Gasteiger partial charge in [-0.25, -0.2) is 4.79 Å². The summed E-state index contributed by atoms with van der Waals surface area (Å²) >= 11 is 0. The molecule has 0 aromatic rings. The Hall–Kier alpha value is -0.770. The highest BCUT2D eigenvalue weighted by atomic mass is 16.5. The third-order valence-corrected chi connectivity index (χ3v) is 1.81. The van der Waals surface area contributed by atoms with E-state index in [1.165, 1.54) is 0 Å². The Morgan fingerprint density at radius 1 is 1.54 bits per heavy atom. The van der Waals surface area contributed by atoms with Crippen molar-refractivity contribution >= 4 is 6.09 Å². The molecule has 0 aliphatic carbocycles. The quantitative estimate of drug-likeness (QED) is 0.679. The molecule has 13 heavy (non-hydrogen) atoms. The maximum Gasteiger partial charge on any atom is 0.407 e. The van der Waals surface area contributed by atoms with Crippen LogP contribution in [-0.4, -0.2) is 25.8 Å². The van der Waals surface area contributed by atoms with Crippen LogP contribution in [0.25, 0.3) is 0 Å². The average molecular weight is 188 g/mol. The Bertz CT molecular complexity index is 158. The fourth-order valence-corrected chi connectivity index (χ4v) is 0.973. The number of carbonyl (C=O) groups excluding carboxylic acids is 1. The fourth-order valence-electron chi connectivity index (χ4n) is 0.973. The van der Waals surface area contributed by atoms with Gasteiger partial charge < -0.3 is 15.8 Å². The molecule has 0 unspecified atom stereocenters. The highest BCUT2D eigenvalue weighted by Crippen LogP contribution is 2.17. The maximum absolute atomic E-state index is 10.9. The molecule has 0 bridgehead atoms. The molecule has 0 aromatic heterocycles. The molecular formula is C9H20N2O2. The first kappa shape index (κ1) is 12.2. The Morgan fingerprint density at radius 2 is 2.15 bits per heavy atom. The van der Waals surface area contributed by atoms with E-state index in [4.69, 9.17) is 10.5 Å². The van der Waals surface area contributed by atoms with Crippen molar-refractivity contribution in [3.63, 3.8) is 0 Å². The summed E-state index contributed by atoms with van der Waals surface area (Å²) in [4.78, 5) is 10.9. The molecule has 4 nitrogen and oxygen atoms in total. The summed E-state index contributed by atoms with van der Waals surface area (Å²) in [6.07, 6.45) is 0.534. The Labute approximate surface area is 79.8 Å². The van der Waals surface area contributed by atoms with E-state index < -0.39 is 0 Å². The van der Waals surface area contributed by atoms with Crippen molar-refractivity contribution in [2.45, 2.75) is 27.2 Å². The smallest absolute Gasteiger partial charge is 0.407 e. The molecule has 3 N–H and O–H groups in total. The van der Waals surface area contributed by atoms with Gasteiger partial charge in [0.15, 0.2) is 0 Å². The van der Waals surface area contributed by atoms with E-state index in [0.29, 0.717) is 19.7 Å². The highest BCUT2D eigenvalue weighted by Gasteiger charge is 2.17. The zero-order chi connectivity index (χ0) is 10.3. The van der Waals surface area contributed by atoms with Gasteiger partial charge in [-0.05, 0) is 25.3 Å². The van der Waals surface area contributed by atoms with Gasteiger partial charge in [0.1, 0.15) is 0 Å². The Balaban J connectivity index is 3.67. The third kappa shape index (κ3) is 6.40. The molecule has 0 aromatic carbocycles. The molecule has 0 heterocycles. The van der Waals surface area contributed by atoms with Crippen LogP contribution in [0.2, 0.25) is 0 Å². The van der Waals surface area contributed by atoms with Gasteiger partial charge in [0, 0.05) is 6.54 Å². The van der Waals surface area contributed by atoms with Crippen molar-refractivity contribution < 1.29 is 9.53 Å². The van der Waals surface area contributed by atoms with Crippen LogP contribution in [0.3, 0.4) is 0 Å². The second-order valence-electron chi connectivity index (χ2n) is 3.78. The summed E-state index contributed by atoms with van der Waals surface area (Å²) in [5.74, 6) is 0. The molecule has 0 fully saturated rings. The molecule has 0 saturated carbocycles.